The number of methoxy groups -OCH3 is 2. The van der Waals surface area contributed by atoms with E-state index in [4.69, 9.17) is 15.2 Å². The Labute approximate surface area is 104 Å². The van der Waals surface area contributed by atoms with E-state index >= 15 is 0 Å². The lowest BCUT2D eigenvalue weighted by molar-refractivity contribution is 0.0723. The van der Waals surface area contributed by atoms with Gasteiger partial charge in [-0.25, -0.2) is 0 Å². The van der Waals surface area contributed by atoms with Gasteiger partial charge in [0.25, 0.3) is 0 Å². The molecule has 0 bridgehead atoms. The van der Waals surface area contributed by atoms with Crippen molar-refractivity contribution in [3.8, 4) is 5.75 Å². The van der Waals surface area contributed by atoms with Crippen molar-refractivity contribution in [2.45, 2.75) is 38.8 Å². The number of ether oxygens (including phenoxy) is 2. The van der Waals surface area contributed by atoms with Gasteiger partial charge in [-0.1, -0.05) is 19.4 Å². The van der Waals surface area contributed by atoms with Crippen LogP contribution in [0.2, 0.25) is 0 Å². The summed E-state index contributed by atoms with van der Waals surface area (Å²) in [5, 5.41) is 0. The standard InChI is InChI=1S/C14H23NO2/c1-5-6-13(17-4)14(15)12-8-7-11(16-3)9-10(12)2/h7-9,13-14H,5-6,15H2,1-4H3. The number of rotatable bonds is 6. The van der Waals surface area contributed by atoms with Gasteiger partial charge in [0.15, 0.2) is 0 Å². The largest absolute Gasteiger partial charge is 0.497 e. The van der Waals surface area contributed by atoms with Gasteiger partial charge in [0.1, 0.15) is 5.75 Å². The molecule has 1 aromatic carbocycles. The molecule has 0 heterocycles. The van der Waals surface area contributed by atoms with Crippen LogP contribution in [0.4, 0.5) is 0 Å². The molecule has 0 fully saturated rings. The Kier molecular flexibility index (Phi) is 5.45. The number of nitrogens with two attached hydrogens (primary N) is 1. The predicted octanol–water partition coefficient (Wildman–Crippen LogP) is 2.82. The zero-order valence-electron chi connectivity index (χ0n) is 11.2. The molecule has 1 rings (SSSR count). The molecule has 0 aliphatic rings. The Morgan fingerprint density at radius 3 is 2.47 bits per heavy atom. The first kappa shape index (κ1) is 14.0. The maximum atomic E-state index is 6.26. The molecule has 3 heteroatoms. The van der Waals surface area contributed by atoms with Crippen molar-refractivity contribution < 1.29 is 9.47 Å². The fourth-order valence-electron chi connectivity index (χ4n) is 2.08. The first-order valence-corrected chi connectivity index (χ1v) is 6.07. The van der Waals surface area contributed by atoms with Crippen molar-refractivity contribution in [3.05, 3.63) is 29.3 Å². The Hall–Kier alpha value is -1.06. The van der Waals surface area contributed by atoms with Gasteiger partial charge in [0, 0.05) is 7.11 Å². The van der Waals surface area contributed by atoms with Gasteiger partial charge < -0.3 is 15.2 Å². The molecule has 0 aliphatic heterocycles. The lowest BCUT2D eigenvalue weighted by Crippen LogP contribution is -2.28. The molecule has 17 heavy (non-hydrogen) atoms. The second-order valence-electron chi connectivity index (χ2n) is 4.31. The van der Waals surface area contributed by atoms with Gasteiger partial charge in [-0.05, 0) is 36.6 Å². The minimum absolute atomic E-state index is 0.0760. The van der Waals surface area contributed by atoms with Gasteiger partial charge in [0.05, 0.1) is 19.3 Å². The van der Waals surface area contributed by atoms with Crippen LogP contribution >= 0.6 is 0 Å². The summed E-state index contributed by atoms with van der Waals surface area (Å²) >= 11 is 0. The van der Waals surface area contributed by atoms with Crippen LogP contribution in [-0.4, -0.2) is 20.3 Å². The number of benzene rings is 1. The molecular weight excluding hydrogens is 214 g/mol. The van der Waals surface area contributed by atoms with Crippen molar-refractivity contribution in [1.82, 2.24) is 0 Å². The summed E-state index contributed by atoms with van der Waals surface area (Å²) < 4.78 is 10.7. The smallest absolute Gasteiger partial charge is 0.119 e. The fraction of sp³-hybridized carbons (Fsp3) is 0.571. The number of hydrogen-bond donors (Lipinski definition) is 1. The lowest BCUT2D eigenvalue weighted by atomic mass is 9.95. The summed E-state index contributed by atoms with van der Waals surface area (Å²) in [4.78, 5) is 0. The topological polar surface area (TPSA) is 44.5 Å². The molecule has 1 aromatic rings. The maximum Gasteiger partial charge on any atom is 0.119 e. The highest BCUT2D eigenvalue weighted by Gasteiger charge is 2.19. The second kappa shape index (κ2) is 6.62. The summed E-state index contributed by atoms with van der Waals surface area (Å²) in [5.41, 5.74) is 8.54. The number of aryl methyl sites for hydroxylation is 1. The minimum Gasteiger partial charge on any atom is -0.497 e. The normalized spacial score (nSPS) is 14.4. The monoisotopic (exact) mass is 237 g/mol. The van der Waals surface area contributed by atoms with Crippen molar-refractivity contribution in [2.75, 3.05) is 14.2 Å². The third-order valence-electron chi connectivity index (χ3n) is 3.11. The molecule has 2 N–H and O–H groups in total. The second-order valence-corrected chi connectivity index (χ2v) is 4.31. The molecule has 96 valence electrons. The van der Waals surface area contributed by atoms with Crippen LogP contribution < -0.4 is 10.5 Å². The van der Waals surface area contributed by atoms with E-state index in [1.54, 1.807) is 14.2 Å². The SMILES string of the molecule is CCCC(OC)C(N)c1ccc(OC)cc1C. The first-order valence-electron chi connectivity index (χ1n) is 6.07. The third-order valence-corrected chi connectivity index (χ3v) is 3.11. The summed E-state index contributed by atoms with van der Waals surface area (Å²) in [6.45, 7) is 4.19. The average molecular weight is 237 g/mol. The fourth-order valence-corrected chi connectivity index (χ4v) is 2.08. The van der Waals surface area contributed by atoms with E-state index in [9.17, 15) is 0 Å². The van der Waals surface area contributed by atoms with Crippen LogP contribution in [0.15, 0.2) is 18.2 Å². The van der Waals surface area contributed by atoms with Gasteiger partial charge in [-0.15, -0.1) is 0 Å². The molecule has 0 amide bonds. The van der Waals surface area contributed by atoms with Crippen LogP contribution in [0.1, 0.15) is 36.9 Å². The van der Waals surface area contributed by atoms with E-state index in [1.165, 1.54) is 0 Å². The first-order chi connectivity index (χ1) is 8.13. The number of hydrogen-bond acceptors (Lipinski definition) is 3. The Balaban J connectivity index is 2.90. The van der Waals surface area contributed by atoms with E-state index < -0.39 is 0 Å². The lowest BCUT2D eigenvalue weighted by Gasteiger charge is -2.24. The molecule has 0 spiro atoms. The van der Waals surface area contributed by atoms with Gasteiger partial charge >= 0.3 is 0 Å². The molecule has 3 nitrogen and oxygen atoms in total. The van der Waals surface area contributed by atoms with Crippen LogP contribution in [0.25, 0.3) is 0 Å². The Morgan fingerprint density at radius 2 is 2.00 bits per heavy atom. The Bertz CT molecular complexity index is 352. The van der Waals surface area contributed by atoms with Crippen LogP contribution in [0, 0.1) is 6.92 Å². The highest BCUT2D eigenvalue weighted by Crippen LogP contribution is 2.25. The molecule has 2 atom stereocenters. The highest BCUT2D eigenvalue weighted by atomic mass is 16.5. The highest BCUT2D eigenvalue weighted by molar-refractivity contribution is 5.37. The van der Waals surface area contributed by atoms with E-state index in [1.807, 2.05) is 18.2 Å². The van der Waals surface area contributed by atoms with Crippen LogP contribution in [0.5, 0.6) is 5.75 Å². The van der Waals surface area contributed by atoms with Crippen LogP contribution in [-0.2, 0) is 4.74 Å². The quantitative estimate of drug-likeness (QED) is 0.827. The third kappa shape index (κ3) is 3.45. The molecule has 0 aliphatic carbocycles. The van der Waals surface area contributed by atoms with Gasteiger partial charge in [0.2, 0.25) is 0 Å². The predicted molar refractivity (Wildman–Crippen MR) is 70.4 cm³/mol. The molecule has 0 radical (unpaired) electrons. The molecule has 0 saturated heterocycles. The maximum absolute atomic E-state index is 6.26. The van der Waals surface area contributed by atoms with E-state index in [0.29, 0.717) is 0 Å². The van der Waals surface area contributed by atoms with Crippen molar-refractivity contribution in [2.24, 2.45) is 5.73 Å². The van der Waals surface area contributed by atoms with Crippen molar-refractivity contribution in [1.29, 1.82) is 0 Å². The minimum atomic E-state index is -0.0779. The van der Waals surface area contributed by atoms with Crippen molar-refractivity contribution >= 4 is 0 Å². The summed E-state index contributed by atoms with van der Waals surface area (Å²) in [6.07, 6.45) is 2.12. The van der Waals surface area contributed by atoms with E-state index in [2.05, 4.69) is 13.8 Å². The zero-order valence-corrected chi connectivity index (χ0v) is 11.2. The summed E-state index contributed by atoms with van der Waals surface area (Å²) in [5.74, 6) is 0.864. The average Bonchev–Trinajstić information content (AvgIpc) is 2.35. The molecular formula is C14H23NO2. The molecule has 0 saturated carbocycles. The van der Waals surface area contributed by atoms with E-state index in [0.717, 1.165) is 29.7 Å². The van der Waals surface area contributed by atoms with Crippen LogP contribution in [0.3, 0.4) is 0 Å². The van der Waals surface area contributed by atoms with Gasteiger partial charge in [-0.2, -0.15) is 0 Å². The van der Waals surface area contributed by atoms with Gasteiger partial charge in [-0.3, -0.25) is 0 Å². The Morgan fingerprint density at radius 1 is 1.29 bits per heavy atom. The zero-order chi connectivity index (χ0) is 12.8. The van der Waals surface area contributed by atoms with Crippen molar-refractivity contribution in [3.63, 3.8) is 0 Å². The van der Waals surface area contributed by atoms with E-state index in [-0.39, 0.29) is 12.1 Å². The molecule has 2 unspecified atom stereocenters. The summed E-state index contributed by atoms with van der Waals surface area (Å²) in [7, 11) is 3.39. The summed E-state index contributed by atoms with van der Waals surface area (Å²) in [6, 6.07) is 5.90. The molecule has 0 aromatic heterocycles.